The average molecular weight is 239 g/mol. The Balaban J connectivity index is 2.20. The molecule has 0 spiro atoms. The van der Waals surface area contributed by atoms with E-state index in [0.717, 1.165) is 24.9 Å². The molecule has 1 rings (SSSR count). The first-order chi connectivity index (χ1) is 8.09. The van der Waals surface area contributed by atoms with Crippen LogP contribution in [0.4, 0.5) is 4.39 Å². The highest BCUT2D eigenvalue weighted by atomic mass is 19.1. The minimum absolute atomic E-state index is 0.282. The fourth-order valence-electron chi connectivity index (χ4n) is 1.52. The van der Waals surface area contributed by atoms with Gasteiger partial charge in [-0.15, -0.1) is 0 Å². The van der Waals surface area contributed by atoms with Gasteiger partial charge >= 0.3 is 0 Å². The monoisotopic (exact) mass is 239 g/mol. The van der Waals surface area contributed by atoms with E-state index in [-0.39, 0.29) is 5.82 Å². The third-order valence-corrected chi connectivity index (χ3v) is 2.47. The molecule has 2 nitrogen and oxygen atoms in total. The van der Waals surface area contributed by atoms with Crippen molar-refractivity contribution in [2.45, 2.75) is 39.7 Å². The molecule has 0 saturated heterocycles. The molecule has 0 aliphatic carbocycles. The molecule has 0 saturated carbocycles. The Labute approximate surface area is 103 Å². The van der Waals surface area contributed by atoms with E-state index in [1.165, 1.54) is 6.07 Å². The molecule has 0 bridgehead atoms. The van der Waals surface area contributed by atoms with Crippen LogP contribution < -0.4 is 10.1 Å². The molecule has 1 aromatic rings. The molecule has 3 heteroatoms. The lowest BCUT2D eigenvalue weighted by Gasteiger charge is -2.09. The standard InChI is InChI=1S/C14H22FNO/c1-11(2)16-8-4-5-9-17-14-10-12(3)6-7-13(14)15/h6-7,10-11,16H,4-5,8-9H2,1-3H3. The smallest absolute Gasteiger partial charge is 0.165 e. The first kappa shape index (κ1) is 14.0. The Hall–Kier alpha value is -1.09. The van der Waals surface area contributed by atoms with Gasteiger partial charge < -0.3 is 10.1 Å². The summed E-state index contributed by atoms with van der Waals surface area (Å²) in [5, 5.41) is 3.34. The molecular formula is C14H22FNO. The third kappa shape index (κ3) is 5.68. The van der Waals surface area contributed by atoms with Crippen LogP contribution in [0.3, 0.4) is 0 Å². The van der Waals surface area contributed by atoms with Gasteiger partial charge in [0.2, 0.25) is 0 Å². The summed E-state index contributed by atoms with van der Waals surface area (Å²) < 4.78 is 18.7. The highest BCUT2D eigenvalue weighted by molar-refractivity contribution is 5.29. The maximum atomic E-state index is 13.3. The fraction of sp³-hybridized carbons (Fsp3) is 0.571. The van der Waals surface area contributed by atoms with Gasteiger partial charge in [0.1, 0.15) is 0 Å². The number of ether oxygens (including phenoxy) is 1. The summed E-state index contributed by atoms with van der Waals surface area (Å²) in [6, 6.07) is 5.45. The lowest BCUT2D eigenvalue weighted by Crippen LogP contribution is -2.23. The van der Waals surface area contributed by atoms with Gasteiger partial charge in [-0.3, -0.25) is 0 Å². The van der Waals surface area contributed by atoms with Crippen LogP contribution in [0.15, 0.2) is 18.2 Å². The Morgan fingerprint density at radius 3 is 2.76 bits per heavy atom. The average Bonchev–Trinajstić information content (AvgIpc) is 2.27. The summed E-state index contributed by atoms with van der Waals surface area (Å²) in [4.78, 5) is 0. The Bertz CT molecular complexity index is 339. The molecule has 0 radical (unpaired) electrons. The Kier molecular flexibility index (Phi) is 5.98. The van der Waals surface area contributed by atoms with Crippen LogP contribution in [0.2, 0.25) is 0 Å². The van der Waals surface area contributed by atoms with Gasteiger partial charge in [-0.1, -0.05) is 19.9 Å². The van der Waals surface area contributed by atoms with E-state index in [0.29, 0.717) is 18.4 Å². The molecule has 1 N–H and O–H groups in total. The first-order valence-electron chi connectivity index (χ1n) is 6.22. The predicted molar refractivity (Wildman–Crippen MR) is 69.0 cm³/mol. The maximum absolute atomic E-state index is 13.3. The molecule has 0 unspecified atom stereocenters. The number of aryl methyl sites for hydroxylation is 1. The normalized spacial score (nSPS) is 10.9. The number of rotatable bonds is 7. The largest absolute Gasteiger partial charge is 0.491 e. The summed E-state index contributed by atoms with van der Waals surface area (Å²) in [5.41, 5.74) is 1.02. The van der Waals surface area contributed by atoms with Crippen molar-refractivity contribution in [2.24, 2.45) is 0 Å². The lowest BCUT2D eigenvalue weighted by atomic mass is 10.2. The minimum atomic E-state index is -0.282. The molecule has 0 atom stereocenters. The van der Waals surface area contributed by atoms with Crippen molar-refractivity contribution in [3.63, 3.8) is 0 Å². The summed E-state index contributed by atoms with van der Waals surface area (Å²) in [5.74, 6) is 0.0812. The van der Waals surface area contributed by atoms with Gasteiger partial charge in [0.25, 0.3) is 0 Å². The molecular weight excluding hydrogens is 217 g/mol. The van der Waals surface area contributed by atoms with Crippen molar-refractivity contribution in [1.29, 1.82) is 0 Å². The van der Waals surface area contributed by atoms with E-state index < -0.39 is 0 Å². The maximum Gasteiger partial charge on any atom is 0.165 e. The van der Waals surface area contributed by atoms with E-state index in [1.807, 2.05) is 6.92 Å². The highest BCUT2D eigenvalue weighted by Gasteiger charge is 2.02. The van der Waals surface area contributed by atoms with Gasteiger partial charge in [-0.2, -0.15) is 0 Å². The zero-order valence-corrected chi connectivity index (χ0v) is 10.9. The summed E-state index contributed by atoms with van der Waals surface area (Å²) in [6.45, 7) is 7.73. The van der Waals surface area contributed by atoms with Crippen LogP contribution in [0.5, 0.6) is 5.75 Å². The molecule has 17 heavy (non-hydrogen) atoms. The van der Waals surface area contributed by atoms with E-state index in [9.17, 15) is 4.39 Å². The van der Waals surface area contributed by atoms with Crippen molar-refractivity contribution in [1.82, 2.24) is 5.32 Å². The Morgan fingerprint density at radius 1 is 1.29 bits per heavy atom. The molecule has 96 valence electrons. The van der Waals surface area contributed by atoms with Gasteiger partial charge in [-0.25, -0.2) is 4.39 Å². The van der Waals surface area contributed by atoms with Crippen molar-refractivity contribution >= 4 is 0 Å². The van der Waals surface area contributed by atoms with Crippen LogP contribution in [-0.4, -0.2) is 19.2 Å². The molecule has 0 aliphatic heterocycles. The number of nitrogens with one attached hydrogen (secondary N) is 1. The number of halogens is 1. The minimum Gasteiger partial charge on any atom is -0.491 e. The van der Waals surface area contributed by atoms with Gasteiger partial charge in [-0.05, 0) is 44.0 Å². The number of hydrogen-bond donors (Lipinski definition) is 1. The molecule has 0 aromatic heterocycles. The van der Waals surface area contributed by atoms with Gasteiger partial charge in [0, 0.05) is 6.04 Å². The highest BCUT2D eigenvalue weighted by Crippen LogP contribution is 2.18. The summed E-state index contributed by atoms with van der Waals surface area (Å²) in [6.07, 6.45) is 1.98. The quantitative estimate of drug-likeness (QED) is 0.737. The third-order valence-electron chi connectivity index (χ3n) is 2.47. The second kappa shape index (κ2) is 7.28. The fourth-order valence-corrected chi connectivity index (χ4v) is 1.52. The molecule has 1 aromatic carbocycles. The zero-order chi connectivity index (χ0) is 12.7. The van der Waals surface area contributed by atoms with Gasteiger partial charge in [0.15, 0.2) is 11.6 Å². The van der Waals surface area contributed by atoms with Crippen molar-refractivity contribution in [2.75, 3.05) is 13.2 Å². The van der Waals surface area contributed by atoms with Crippen molar-refractivity contribution in [3.05, 3.63) is 29.6 Å². The molecule has 0 aliphatic rings. The second-order valence-electron chi connectivity index (χ2n) is 4.60. The van der Waals surface area contributed by atoms with E-state index in [4.69, 9.17) is 4.74 Å². The van der Waals surface area contributed by atoms with Crippen molar-refractivity contribution < 1.29 is 9.13 Å². The van der Waals surface area contributed by atoms with E-state index in [1.54, 1.807) is 12.1 Å². The van der Waals surface area contributed by atoms with Crippen LogP contribution in [0.1, 0.15) is 32.3 Å². The molecule has 0 amide bonds. The van der Waals surface area contributed by atoms with Gasteiger partial charge in [0.05, 0.1) is 6.61 Å². The summed E-state index contributed by atoms with van der Waals surface area (Å²) >= 11 is 0. The van der Waals surface area contributed by atoms with Crippen LogP contribution in [0.25, 0.3) is 0 Å². The lowest BCUT2D eigenvalue weighted by molar-refractivity contribution is 0.290. The van der Waals surface area contributed by atoms with E-state index >= 15 is 0 Å². The van der Waals surface area contributed by atoms with Crippen LogP contribution in [-0.2, 0) is 0 Å². The van der Waals surface area contributed by atoms with E-state index in [2.05, 4.69) is 19.2 Å². The predicted octanol–water partition coefficient (Wildman–Crippen LogP) is 3.29. The van der Waals surface area contributed by atoms with Crippen LogP contribution >= 0.6 is 0 Å². The summed E-state index contributed by atoms with van der Waals surface area (Å²) in [7, 11) is 0. The first-order valence-corrected chi connectivity index (χ1v) is 6.22. The second-order valence-corrected chi connectivity index (χ2v) is 4.60. The zero-order valence-electron chi connectivity index (χ0n) is 10.9. The molecule has 0 heterocycles. The number of unbranched alkanes of at least 4 members (excludes halogenated alkanes) is 1. The topological polar surface area (TPSA) is 21.3 Å². The van der Waals surface area contributed by atoms with Crippen LogP contribution in [0, 0.1) is 12.7 Å². The number of benzene rings is 1. The molecule has 0 fully saturated rings. The Morgan fingerprint density at radius 2 is 2.06 bits per heavy atom. The number of hydrogen-bond acceptors (Lipinski definition) is 2. The SMILES string of the molecule is Cc1ccc(F)c(OCCCCNC(C)C)c1. The van der Waals surface area contributed by atoms with Crippen molar-refractivity contribution in [3.8, 4) is 5.75 Å².